The first-order valence-electron chi connectivity index (χ1n) is 11.3. The molecule has 10 heteroatoms. The molecule has 172 valence electrons. The van der Waals surface area contributed by atoms with Gasteiger partial charge in [0.25, 0.3) is 0 Å². The number of benzene rings is 1. The van der Waals surface area contributed by atoms with Crippen molar-refractivity contribution in [1.29, 1.82) is 0 Å². The molecule has 0 radical (unpaired) electrons. The minimum atomic E-state index is -0.0669. The average molecular weight is 448 g/mol. The van der Waals surface area contributed by atoms with Gasteiger partial charge >= 0.3 is 0 Å². The van der Waals surface area contributed by atoms with E-state index in [1.54, 1.807) is 0 Å². The van der Waals surface area contributed by atoms with E-state index in [0.29, 0.717) is 18.3 Å². The smallest absolute Gasteiger partial charge is 0.226 e. The Kier molecular flexibility index (Phi) is 6.07. The quantitative estimate of drug-likeness (QED) is 0.508. The van der Waals surface area contributed by atoms with E-state index < -0.39 is 0 Å². The molecule has 3 N–H and O–H groups in total. The zero-order chi connectivity index (χ0) is 22.6. The zero-order valence-electron chi connectivity index (χ0n) is 19.0. The number of piperazine rings is 1. The van der Waals surface area contributed by atoms with Crippen LogP contribution in [0.1, 0.15) is 17.7 Å². The van der Waals surface area contributed by atoms with Crippen LogP contribution >= 0.6 is 0 Å². The highest BCUT2D eigenvalue weighted by Crippen LogP contribution is 2.23. The Morgan fingerprint density at radius 3 is 2.67 bits per heavy atom. The summed E-state index contributed by atoms with van der Waals surface area (Å²) >= 11 is 0. The van der Waals surface area contributed by atoms with E-state index in [2.05, 4.69) is 60.0 Å². The number of aromatic nitrogens is 4. The normalized spacial score (nSPS) is 18.7. The number of H-pyrrole nitrogens is 1. The molecule has 10 nitrogen and oxygen atoms in total. The molecular formula is C23H29N9O. The summed E-state index contributed by atoms with van der Waals surface area (Å²) in [6.07, 6.45) is 0.677. The van der Waals surface area contributed by atoms with Gasteiger partial charge in [0.2, 0.25) is 5.95 Å². The third kappa shape index (κ3) is 5.23. The number of nitrogens with one attached hydrogen (secondary N) is 3. The van der Waals surface area contributed by atoms with Crippen LogP contribution in [0.2, 0.25) is 0 Å². The minimum Gasteiger partial charge on any atom is -0.390 e. The van der Waals surface area contributed by atoms with Gasteiger partial charge < -0.3 is 25.3 Å². The number of aryl methyl sites for hydroxylation is 1. The van der Waals surface area contributed by atoms with Crippen LogP contribution in [0.15, 0.2) is 47.6 Å². The standard InChI is InChI=1S/C23H29N9O/c1-16-12-21(29-28-16)25-20-14-22(32-10-8-31(2)9-11-32)27-23(26-20)24-15-18-13-19(30-33-18)17-6-4-3-5-7-17/h3-7,12,14,18H,8-11,13,15H2,1-2H3,(H3,24,25,26,27,28,29). The van der Waals surface area contributed by atoms with Crippen molar-refractivity contribution in [2.24, 2.45) is 5.16 Å². The molecular weight excluding hydrogens is 418 g/mol. The van der Waals surface area contributed by atoms with Crippen LogP contribution in [-0.4, -0.2) is 76.7 Å². The molecule has 1 unspecified atom stereocenters. The van der Waals surface area contributed by atoms with Gasteiger partial charge in [-0.1, -0.05) is 35.5 Å². The first kappa shape index (κ1) is 21.2. The molecule has 0 saturated carbocycles. The van der Waals surface area contributed by atoms with Gasteiger partial charge in [0.05, 0.1) is 18.0 Å². The Morgan fingerprint density at radius 1 is 1.09 bits per heavy atom. The third-order valence-corrected chi connectivity index (χ3v) is 5.84. The number of likely N-dealkylation sites (N-methyl/N-ethyl adjacent to an activating group) is 1. The number of hydrogen-bond acceptors (Lipinski definition) is 9. The van der Waals surface area contributed by atoms with Crippen LogP contribution in [0.5, 0.6) is 0 Å². The van der Waals surface area contributed by atoms with Crippen molar-refractivity contribution < 1.29 is 4.84 Å². The molecule has 1 fully saturated rings. The van der Waals surface area contributed by atoms with Gasteiger partial charge in [0.15, 0.2) is 0 Å². The second-order valence-corrected chi connectivity index (χ2v) is 8.49. The van der Waals surface area contributed by atoms with Crippen LogP contribution in [-0.2, 0) is 4.84 Å². The summed E-state index contributed by atoms with van der Waals surface area (Å²) < 4.78 is 0. The van der Waals surface area contributed by atoms with Crippen molar-refractivity contribution in [3.05, 3.63) is 53.7 Å². The van der Waals surface area contributed by atoms with E-state index in [0.717, 1.165) is 61.2 Å². The highest BCUT2D eigenvalue weighted by Gasteiger charge is 2.23. The SMILES string of the molecule is Cc1cc(Nc2cc(N3CCN(C)CC3)nc(NCC3CC(c4ccccc4)=NO3)n2)[nH]n1. The number of nitrogens with zero attached hydrogens (tertiary/aromatic N) is 6. The summed E-state index contributed by atoms with van der Waals surface area (Å²) in [5.41, 5.74) is 2.97. The van der Waals surface area contributed by atoms with Crippen molar-refractivity contribution >= 4 is 29.1 Å². The highest BCUT2D eigenvalue weighted by atomic mass is 16.6. The Labute approximate surface area is 193 Å². The molecule has 0 amide bonds. The fourth-order valence-corrected chi connectivity index (χ4v) is 3.94. The molecule has 1 saturated heterocycles. The van der Waals surface area contributed by atoms with Crippen molar-refractivity contribution in [2.75, 3.05) is 55.3 Å². The van der Waals surface area contributed by atoms with Crippen molar-refractivity contribution in [1.82, 2.24) is 25.1 Å². The van der Waals surface area contributed by atoms with Crippen molar-refractivity contribution in [3.63, 3.8) is 0 Å². The molecule has 2 aliphatic heterocycles. The van der Waals surface area contributed by atoms with Gasteiger partial charge in [-0.05, 0) is 19.5 Å². The lowest BCUT2D eigenvalue weighted by Crippen LogP contribution is -2.44. The van der Waals surface area contributed by atoms with E-state index in [9.17, 15) is 0 Å². The summed E-state index contributed by atoms with van der Waals surface area (Å²) in [6, 6.07) is 14.0. The average Bonchev–Trinajstić information content (AvgIpc) is 3.47. The summed E-state index contributed by atoms with van der Waals surface area (Å²) in [5, 5.41) is 18.1. The fraction of sp³-hybridized carbons (Fsp3) is 0.391. The third-order valence-electron chi connectivity index (χ3n) is 5.84. The Morgan fingerprint density at radius 2 is 1.91 bits per heavy atom. The zero-order valence-corrected chi connectivity index (χ0v) is 19.0. The summed E-state index contributed by atoms with van der Waals surface area (Å²) in [5.74, 6) is 2.95. The molecule has 4 heterocycles. The molecule has 33 heavy (non-hydrogen) atoms. The maximum atomic E-state index is 5.65. The predicted octanol–water partition coefficient (Wildman–Crippen LogP) is 2.61. The highest BCUT2D eigenvalue weighted by molar-refractivity contribution is 6.01. The van der Waals surface area contributed by atoms with E-state index >= 15 is 0 Å². The number of aromatic amines is 1. The van der Waals surface area contributed by atoms with Gasteiger partial charge in [-0.25, -0.2) is 0 Å². The van der Waals surface area contributed by atoms with Crippen LogP contribution in [0.4, 0.5) is 23.4 Å². The Balaban J connectivity index is 1.28. The van der Waals surface area contributed by atoms with Crippen LogP contribution in [0, 0.1) is 6.92 Å². The molecule has 0 spiro atoms. The molecule has 1 atom stereocenters. The number of anilines is 4. The van der Waals surface area contributed by atoms with E-state index in [4.69, 9.17) is 9.82 Å². The number of oxime groups is 1. The molecule has 0 aliphatic carbocycles. The van der Waals surface area contributed by atoms with Crippen LogP contribution in [0.25, 0.3) is 0 Å². The predicted molar refractivity (Wildman–Crippen MR) is 129 cm³/mol. The van der Waals surface area contributed by atoms with Crippen molar-refractivity contribution in [2.45, 2.75) is 19.4 Å². The minimum absolute atomic E-state index is 0.0669. The second-order valence-electron chi connectivity index (χ2n) is 8.49. The molecule has 5 rings (SSSR count). The summed E-state index contributed by atoms with van der Waals surface area (Å²) in [4.78, 5) is 19.7. The van der Waals surface area contributed by atoms with Gasteiger partial charge in [-0.2, -0.15) is 15.1 Å². The first-order chi connectivity index (χ1) is 16.1. The van der Waals surface area contributed by atoms with Crippen LogP contribution < -0.4 is 15.5 Å². The molecule has 1 aromatic carbocycles. The maximum absolute atomic E-state index is 5.65. The lowest BCUT2D eigenvalue weighted by molar-refractivity contribution is 0.0948. The van der Waals surface area contributed by atoms with Gasteiger partial charge in [-0.15, -0.1) is 0 Å². The molecule has 2 aliphatic rings. The van der Waals surface area contributed by atoms with Crippen molar-refractivity contribution in [3.8, 4) is 0 Å². The topological polar surface area (TPSA) is 107 Å². The maximum Gasteiger partial charge on any atom is 0.226 e. The summed E-state index contributed by atoms with van der Waals surface area (Å²) in [7, 11) is 2.14. The molecule has 2 aromatic heterocycles. The second kappa shape index (κ2) is 9.45. The first-order valence-corrected chi connectivity index (χ1v) is 11.3. The number of hydrogen-bond donors (Lipinski definition) is 3. The van der Waals surface area contributed by atoms with E-state index in [-0.39, 0.29) is 6.10 Å². The lowest BCUT2D eigenvalue weighted by Gasteiger charge is -2.33. The van der Waals surface area contributed by atoms with Crippen LogP contribution in [0.3, 0.4) is 0 Å². The fourth-order valence-electron chi connectivity index (χ4n) is 3.94. The molecule has 0 bridgehead atoms. The van der Waals surface area contributed by atoms with E-state index in [1.165, 1.54) is 0 Å². The monoisotopic (exact) mass is 447 g/mol. The Hall–Kier alpha value is -3.66. The van der Waals surface area contributed by atoms with Gasteiger partial charge in [-0.3, -0.25) is 5.10 Å². The van der Waals surface area contributed by atoms with Gasteiger partial charge in [0, 0.05) is 44.7 Å². The largest absolute Gasteiger partial charge is 0.390 e. The number of rotatable bonds is 7. The summed E-state index contributed by atoms with van der Waals surface area (Å²) in [6.45, 7) is 6.37. The van der Waals surface area contributed by atoms with E-state index in [1.807, 2.05) is 37.3 Å². The Bertz CT molecular complexity index is 1110. The molecule has 3 aromatic rings. The van der Waals surface area contributed by atoms with Gasteiger partial charge in [0.1, 0.15) is 23.6 Å². The lowest BCUT2D eigenvalue weighted by atomic mass is 10.1.